The highest BCUT2D eigenvalue weighted by Crippen LogP contribution is 2.25. The Balaban J connectivity index is 1.81. The molecule has 0 bridgehead atoms. The topological polar surface area (TPSA) is 132 Å². The van der Waals surface area contributed by atoms with Crippen molar-refractivity contribution in [2.24, 2.45) is 5.10 Å². The summed E-state index contributed by atoms with van der Waals surface area (Å²) in [7, 11) is 1.54. The third-order valence-corrected chi connectivity index (χ3v) is 4.20. The van der Waals surface area contributed by atoms with Crippen molar-refractivity contribution in [2.45, 2.75) is 0 Å². The Hall–Kier alpha value is -3.92. The molecule has 0 saturated heterocycles. The van der Waals surface area contributed by atoms with Crippen molar-refractivity contribution < 1.29 is 14.8 Å². The number of hydrazone groups is 1. The molecule has 1 aromatic heterocycles. The van der Waals surface area contributed by atoms with Gasteiger partial charge in [-0.2, -0.15) is 14.9 Å². The Kier molecular flexibility index (Phi) is 5.74. The van der Waals surface area contributed by atoms with Crippen LogP contribution in [-0.4, -0.2) is 33.1 Å². The summed E-state index contributed by atoms with van der Waals surface area (Å²) in [5, 5.41) is 28.1. The molecule has 3 aromatic rings. The number of nitro benzene ring substituents is 1. The highest BCUT2D eigenvalue weighted by molar-refractivity contribution is 6.32. The number of halogens is 1. The zero-order chi connectivity index (χ0) is 21.0. The van der Waals surface area contributed by atoms with Crippen LogP contribution in [0.5, 0.6) is 11.5 Å². The maximum Gasteiger partial charge on any atom is 0.311 e. The van der Waals surface area contributed by atoms with E-state index < -0.39 is 21.9 Å². The van der Waals surface area contributed by atoms with E-state index in [9.17, 15) is 20.0 Å². The number of aromatic hydroxyl groups is 1. The maximum absolute atomic E-state index is 12.5. The van der Waals surface area contributed by atoms with Crippen LogP contribution >= 0.6 is 11.6 Å². The van der Waals surface area contributed by atoms with Crippen molar-refractivity contribution >= 4 is 29.2 Å². The number of hydrogen-bond donors (Lipinski definition) is 2. The van der Waals surface area contributed by atoms with Gasteiger partial charge in [0, 0.05) is 11.6 Å². The van der Waals surface area contributed by atoms with Crippen LogP contribution < -0.4 is 15.7 Å². The monoisotopic (exact) mass is 415 g/mol. The molecule has 0 aliphatic carbocycles. The fraction of sp³-hybridized carbons (Fsp3) is 0.0556. The summed E-state index contributed by atoms with van der Waals surface area (Å²) in [6, 6.07) is 10.5. The molecule has 3 rings (SSSR count). The first-order valence-corrected chi connectivity index (χ1v) is 8.47. The molecule has 0 spiro atoms. The lowest BCUT2D eigenvalue weighted by Crippen LogP contribution is -2.22. The van der Waals surface area contributed by atoms with E-state index in [1.165, 1.54) is 31.7 Å². The van der Waals surface area contributed by atoms with Crippen molar-refractivity contribution in [3.05, 3.63) is 79.7 Å². The molecule has 0 aliphatic rings. The van der Waals surface area contributed by atoms with E-state index in [2.05, 4.69) is 15.6 Å². The number of anilines is 1. The molecule has 2 N–H and O–H groups in total. The maximum atomic E-state index is 12.5. The van der Waals surface area contributed by atoms with E-state index >= 15 is 0 Å². The molecule has 0 aliphatic heterocycles. The summed E-state index contributed by atoms with van der Waals surface area (Å²) in [6.45, 7) is 0. The van der Waals surface area contributed by atoms with Gasteiger partial charge in [-0.3, -0.25) is 20.3 Å². The number of methoxy groups -OCH3 is 1. The third-order valence-electron chi connectivity index (χ3n) is 3.83. The van der Waals surface area contributed by atoms with E-state index in [-0.39, 0.29) is 10.7 Å². The van der Waals surface area contributed by atoms with Gasteiger partial charge >= 0.3 is 5.69 Å². The molecular formula is C18H14ClN5O5. The number of benzene rings is 2. The number of nitro groups is 1. The summed E-state index contributed by atoms with van der Waals surface area (Å²) in [6.07, 6.45) is 2.60. The molecule has 11 heteroatoms. The summed E-state index contributed by atoms with van der Waals surface area (Å²) >= 11 is 6.12. The van der Waals surface area contributed by atoms with Crippen molar-refractivity contribution in [3.8, 4) is 17.2 Å². The van der Waals surface area contributed by atoms with Gasteiger partial charge in [0.05, 0.1) is 30.1 Å². The first-order chi connectivity index (χ1) is 13.9. The van der Waals surface area contributed by atoms with Crippen LogP contribution in [0, 0.1) is 10.1 Å². The molecule has 1 heterocycles. The Morgan fingerprint density at radius 1 is 1.31 bits per heavy atom. The predicted octanol–water partition coefficient (Wildman–Crippen LogP) is 2.95. The number of hydrogen-bond acceptors (Lipinski definition) is 8. The average molecular weight is 416 g/mol. The van der Waals surface area contributed by atoms with Gasteiger partial charge in [0.1, 0.15) is 16.5 Å². The average Bonchev–Trinajstić information content (AvgIpc) is 2.72. The number of nitrogens with zero attached hydrogens (tertiary/aromatic N) is 4. The number of phenolic OH excluding ortho intramolecular Hbond substituents is 1. The van der Waals surface area contributed by atoms with Gasteiger partial charge in [-0.15, -0.1) is 0 Å². The Morgan fingerprint density at radius 3 is 2.69 bits per heavy atom. The van der Waals surface area contributed by atoms with Crippen molar-refractivity contribution in [2.75, 3.05) is 12.5 Å². The van der Waals surface area contributed by atoms with Gasteiger partial charge in [-0.1, -0.05) is 11.6 Å². The third kappa shape index (κ3) is 4.33. The zero-order valence-corrected chi connectivity index (χ0v) is 15.7. The second-order valence-corrected chi connectivity index (χ2v) is 6.04. The summed E-state index contributed by atoms with van der Waals surface area (Å²) in [5.74, 6) is 0.185. The Morgan fingerprint density at radius 2 is 2.03 bits per heavy atom. The largest absolute Gasteiger partial charge is 0.502 e. The second kappa shape index (κ2) is 8.40. The lowest BCUT2D eigenvalue weighted by Gasteiger charge is -2.08. The fourth-order valence-electron chi connectivity index (χ4n) is 2.36. The van der Waals surface area contributed by atoms with E-state index in [4.69, 9.17) is 16.3 Å². The van der Waals surface area contributed by atoms with E-state index in [0.29, 0.717) is 17.0 Å². The molecule has 0 radical (unpaired) electrons. The highest BCUT2D eigenvalue weighted by atomic mass is 35.5. The summed E-state index contributed by atoms with van der Waals surface area (Å²) in [5.41, 5.74) is 2.59. The van der Waals surface area contributed by atoms with Crippen LogP contribution in [0.25, 0.3) is 5.69 Å². The van der Waals surface area contributed by atoms with Crippen molar-refractivity contribution in [1.82, 2.24) is 9.78 Å². The number of ether oxygens (including phenoxy) is 1. The predicted molar refractivity (Wildman–Crippen MR) is 107 cm³/mol. The molecule has 29 heavy (non-hydrogen) atoms. The van der Waals surface area contributed by atoms with Crippen LogP contribution in [0.1, 0.15) is 5.56 Å². The van der Waals surface area contributed by atoms with Crippen molar-refractivity contribution in [3.63, 3.8) is 0 Å². The molecule has 0 amide bonds. The van der Waals surface area contributed by atoms with Gasteiger partial charge in [-0.25, -0.2) is 0 Å². The second-order valence-electron chi connectivity index (χ2n) is 5.66. The van der Waals surface area contributed by atoms with E-state index in [1.807, 2.05) is 0 Å². The highest BCUT2D eigenvalue weighted by Gasteiger charge is 2.13. The SMILES string of the molecule is COc1ccc(-n2ncc(N/N=C\c3ccc(O)c([N+](=O)[O-])c3)c(Cl)c2=O)cc1. The van der Waals surface area contributed by atoms with Gasteiger partial charge in [0.15, 0.2) is 5.75 Å². The molecule has 0 atom stereocenters. The number of aromatic nitrogens is 2. The number of nitrogens with one attached hydrogen (secondary N) is 1. The molecular weight excluding hydrogens is 402 g/mol. The molecule has 0 saturated carbocycles. The van der Waals surface area contributed by atoms with Crippen LogP contribution in [0.3, 0.4) is 0 Å². The summed E-state index contributed by atoms with van der Waals surface area (Å²) < 4.78 is 6.20. The van der Waals surface area contributed by atoms with Crippen LogP contribution in [0.4, 0.5) is 11.4 Å². The lowest BCUT2D eigenvalue weighted by atomic mass is 10.2. The van der Waals surface area contributed by atoms with Gasteiger partial charge in [0.2, 0.25) is 0 Å². The Labute approximate surface area is 168 Å². The van der Waals surface area contributed by atoms with Gasteiger partial charge in [-0.05, 0) is 36.4 Å². The number of phenols is 1. The molecule has 2 aromatic carbocycles. The van der Waals surface area contributed by atoms with Crippen LogP contribution in [0.2, 0.25) is 5.02 Å². The fourth-order valence-corrected chi connectivity index (χ4v) is 2.53. The smallest absolute Gasteiger partial charge is 0.311 e. The van der Waals surface area contributed by atoms with Crippen LogP contribution in [0.15, 0.2) is 58.6 Å². The minimum Gasteiger partial charge on any atom is -0.502 e. The molecule has 0 unspecified atom stereocenters. The normalized spacial score (nSPS) is 10.8. The molecule has 0 fully saturated rings. The van der Waals surface area contributed by atoms with Crippen molar-refractivity contribution in [1.29, 1.82) is 0 Å². The minimum atomic E-state index is -0.709. The minimum absolute atomic E-state index is 0.135. The van der Waals surface area contributed by atoms with E-state index in [0.717, 1.165) is 10.7 Å². The first kappa shape index (κ1) is 19.8. The van der Waals surface area contributed by atoms with Gasteiger partial charge in [0.25, 0.3) is 5.56 Å². The molecule has 148 valence electrons. The standard InChI is InChI=1S/C18H14ClN5O5/c1-29-13-5-3-12(4-6-13)23-18(26)17(19)14(10-21-23)22-20-9-11-2-7-16(25)15(8-11)24(27)28/h2-10,22,25H,1H3/b20-9-. The zero-order valence-electron chi connectivity index (χ0n) is 14.9. The summed E-state index contributed by atoms with van der Waals surface area (Å²) in [4.78, 5) is 22.6. The van der Waals surface area contributed by atoms with Gasteiger partial charge < -0.3 is 9.84 Å². The number of rotatable bonds is 6. The van der Waals surface area contributed by atoms with Crippen LogP contribution in [-0.2, 0) is 0 Å². The Bertz CT molecular complexity index is 1140. The lowest BCUT2D eigenvalue weighted by molar-refractivity contribution is -0.385. The molecule has 10 nitrogen and oxygen atoms in total. The first-order valence-electron chi connectivity index (χ1n) is 8.09. The quantitative estimate of drug-likeness (QED) is 0.359. The van der Waals surface area contributed by atoms with E-state index in [1.54, 1.807) is 24.3 Å².